The Hall–Kier alpha value is -1.60. The summed E-state index contributed by atoms with van der Waals surface area (Å²) in [6.45, 7) is 2.35. The van der Waals surface area contributed by atoms with Crippen molar-refractivity contribution in [1.82, 2.24) is 0 Å². The van der Waals surface area contributed by atoms with Crippen molar-refractivity contribution in [2.24, 2.45) is 4.99 Å². The average molecular weight is 317 g/mol. The molecule has 1 aromatic carbocycles. The van der Waals surface area contributed by atoms with Crippen LogP contribution in [0.5, 0.6) is 0 Å². The number of methoxy groups -OCH3 is 1. The molecule has 0 bridgehead atoms. The van der Waals surface area contributed by atoms with E-state index in [2.05, 4.69) is 9.73 Å². The standard InChI is InChI=1S/C12H13ClN2O4S/c1-3-14-7-11(12(16)19-2)20-10-6-8(15(17)18)4-5-9(10)13/h4-7,11H,3H2,1-2H3. The summed E-state index contributed by atoms with van der Waals surface area (Å²) in [5, 5.41) is 10.4. The molecule has 0 N–H and O–H groups in total. The van der Waals surface area contributed by atoms with Gasteiger partial charge in [0.15, 0.2) is 0 Å². The zero-order chi connectivity index (χ0) is 15.1. The molecular weight excluding hydrogens is 304 g/mol. The number of carbonyl (C=O) groups is 1. The lowest BCUT2D eigenvalue weighted by molar-refractivity contribution is -0.385. The van der Waals surface area contributed by atoms with Gasteiger partial charge in [0, 0.05) is 29.8 Å². The van der Waals surface area contributed by atoms with Crippen LogP contribution in [0.1, 0.15) is 6.92 Å². The molecule has 1 atom stereocenters. The van der Waals surface area contributed by atoms with Crippen LogP contribution in [0.25, 0.3) is 0 Å². The molecule has 8 heteroatoms. The molecule has 0 aliphatic heterocycles. The summed E-state index contributed by atoms with van der Waals surface area (Å²) in [6, 6.07) is 4.05. The van der Waals surface area contributed by atoms with Gasteiger partial charge in [0.1, 0.15) is 5.25 Å². The minimum atomic E-state index is -0.695. The van der Waals surface area contributed by atoms with Gasteiger partial charge in [-0.25, -0.2) is 0 Å². The Morgan fingerprint density at radius 3 is 2.90 bits per heavy atom. The first kappa shape index (κ1) is 16.5. The highest BCUT2D eigenvalue weighted by molar-refractivity contribution is 8.01. The van der Waals surface area contributed by atoms with Gasteiger partial charge in [-0.1, -0.05) is 11.6 Å². The molecule has 1 aromatic rings. The van der Waals surface area contributed by atoms with E-state index in [-0.39, 0.29) is 5.69 Å². The van der Waals surface area contributed by atoms with Crippen LogP contribution >= 0.6 is 23.4 Å². The van der Waals surface area contributed by atoms with Crippen molar-refractivity contribution in [3.8, 4) is 0 Å². The lowest BCUT2D eigenvalue weighted by Gasteiger charge is -2.10. The summed E-state index contributed by atoms with van der Waals surface area (Å²) in [5.41, 5.74) is -0.0899. The van der Waals surface area contributed by atoms with Crippen LogP contribution in [0.15, 0.2) is 28.1 Å². The van der Waals surface area contributed by atoms with E-state index in [1.807, 2.05) is 6.92 Å². The molecule has 108 valence electrons. The summed E-state index contributed by atoms with van der Waals surface area (Å²) in [7, 11) is 1.27. The summed E-state index contributed by atoms with van der Waals surface area (Å²) in [4.78, 5) is 26.3. The fourth-order valence-corrected chi connectivity index (χ4v) is 2.52. The highest BCUT2D eigenvalue weighted by atomic mass is 35.5. The normalized spacial score (nSPS) is 12.3. The first-order chi connectivity index (χ1) is 9.49. The van der Waals surface area contributed by atoms with Gasteiger partial charge in [-0.3, -0.25) is 19.9 Å². The highest BCUT2D eigenvalue weighted by Gasteiger charge is 2.21. The van der Waals surface area contributed by atoms with Crippen molar-refractivity contribution in [2.75, 3.05) is 13.7 Å². The largest absolute Gasteiger partial charge is 0.468 e. The van der Waals surface area contributed by atoms with Crippen LogP contribution < -0.4 is 0 Å². The molecule has 0 radical (unpaired) electrons. The highest BCUT2D eigenvalue weighted by Crippen LogP contribution is 2.33. The van der Waals surface area contributed by atoms with Crippen LogP contribution in [0.3, 0.4) is 0 Å². The van der Waals surface area contributed by atoms with Crippen LogP contribution in [0.2, 0.25) is 5.02 Å². The molecule has 0 heterocycles. The maximum absolute atomic E-state index is 11.6. The number of ether oxygens (including phenoxy) is 1. The number of non-ortho nitro benzene ring substituents is 1. The Morgan fingerprint density at radius 2 is 2.35 bits per heavy atom. The van der Waals surface area contributed by atoms with E-state index >= 15 is 0 Å². The molecule has 0 aliphatic carbocycles. The Balaban J connectivity index is 3.03. The first-order valence-electron chi connectivity index (χ1n) is 5.68. The molecule has 1 rings (SSSR count). The second-order valence-electron chi connectivity index (χ2n) is 3.58. The molecule has 0 aliphatic rings. The minimum absolute atomic E-state index is 0.0899. The Kier molecular flexibility index (Phi) is 6.47. The van der Waals surface area contributed by atoms with Gasteiger partial charge in [0.2, 0.25) is 0 Å². The van der Waals surface area contributed by atoms with Gasteiger partial charge < -0.3 is 4.74 Å². The van der Waals surface area contributed by atoms with Gasteiger partial charge >= 0.3 is 5.97 Å². The molecule has 20 heavy (non-hydrogen) atoms. The number of nitro benzene ring substituents is 1. The summed E-state index contributed by atoms with van der Waals surface area (Å²) in [5.74, 6) is -0.491. The molecule has 0 saturated carbocycles. The number of esters is 1. The van der Waals surface area contributed by atoms with Gasteiger partial charge in [-0.2, -0.15) is 0 Å². The van der Waals surface area contributed by atoms with Crippen LogP contribution in [0.4, 0.5) is 5.69 Å². The van der Waals surface area contributed by atoms with Crippen LogP contribution in [0, 0.1) is 10.1 Å². The third-order valence-corrected chi connectivity index (χ3v) is 3.84. The van der Waals surface area contributed by atoms with Crippen molar-refractivity contribution in [2.45, 2.75) is 17.1 Å². The van der Waals surface area contributed by atoms with E-state index in [1.54, 1.807) is 0 Å². The number of rotatable bonds is 6. The monoisotopic (exact) mass is 316 g/mol. The SMILES string of the molecule is CCN=CC(Sc1cc([N+](=O)[O-])ccc1Cl)C(=O)OC. The van der Waals surface area contributed by atoms with Crippen molar-refractivity contribution < 1.29 is 14.5 Å². The van der Waals surface area contributed by atoms with Gasteiger partial charge in [-0.15, -0.1) is 11.8 Å². The Labute approximate surface area is 125 Å². The predicted octanol–water partition coefficient (Wildman–Crippen LogP) is 2.97. The van der Waals surface area contributed by atoms with Crippen molar-refractivity contribution in [3.05, 3.63) is 33.3 Å². The Bertz CT molecular complexity index is 536. The maximum Gasteiger partial charge on any atom is 0.324 e. The number of benzene rings is 1. The van der Waals surface area contributed by atoms with E-state index in [1.165, 1.54) is 31.5 Å². The average Bonchev–Trinajstić information content (AvgIpc) is 2.44. The number of hydrogen-bond donors (Lipinski definition) is 0. The lowest BCUT2D eigenvalue weighted by Crippen LogP contribution is -2.20. The zero-order valence-corrected chi connectivity index (χ0v) is 12.5. The van der Waals surface area contributed by atoms with Crippen molar-refractivity contribution in [3.63, 3.8) is 0 Å². The topological polar surface area (TPSA) is 81.8 Å². The molecule has 1 unspecified atom stereocenters. The third kappa shape index (κ3) is 4.50. The van der Waals surface area contributed by atoms with Crippen LogP contribution in [-0.2, 0) is 9.53 Å². The summed E-state index contributed by atoms with van der Waals surface area (Å²) < 4.78 is 4.67. The second-order valence-corrected chi connectivity index (χ2v) is 5.17. The molecule has 0 saturated heterocycles. The van der Waals surface area contributed by atoms with Gasteiger partial charge in [-0.05, 0) is 13.0 Å². The van der Waals surface area contributed by atoms with Crippen molar-refractivity contribution in [1.29, 1.82) is 0 Å². The lowest BCUT2D eigenvalue weighted by atomic mass is 10.3. The van der Waals surface area contributed by atoms with E-state index < -0.39 is 16.1 Å². The fraction of sp³-hybridized carbons (Fsp3) is 0.333. The fourth-order valence-electron chi connectivity index (χ4n) is 1.29. The van der Waals surface area contributed by atoms with E-state index in [0.29, 0.717) is 16.5 Å². The first-order valence-corrected chi connectivity index (χ1v) is 6.93. The number of nitrogens with zero attached hydrogens (tertiary/aromatic N) is 2. The number of nitro groups is 1. The minimum Gasteiger partial charge on any atom is -0.468 e. The van der Waals surface area contributed by atoms with Gasteiger partial charge in [0.25, 0.3) is 5.69 Å². The second kappa shape index (κ2) is 7.86. The zero-order valence-electron chi connectivity index (χ0n) is 10.9. The number of carbonyl (C=O) groups excluding carboxylic acids is 1. The van der Waals surface area contributed by atoms with Gasteiger partial charge in [0.05, 0.1) is 17.1 Å². The number of thioether (sulfide) groups is 1. The third-order valence-electron chi connectivity index (χ3n) is 2.24. The van der Waals surface area contributed by atoms with E-state index in [0.717, 1.165) is 11.8 Å². The molecule has 6 nitrogen and oxygen atoms in total. The van der Waals surface area contributed by atoms with Crippen LogP contribution in [-0.4, -0.2) is 36.0 Å². The van der Waals surface area contributed by atoms with Crippen molar-refractivity contribution >= 4 is 41.2 Å². The predicted molar refractivity (Wildman–Crippen MR) is 78.8 cm³/mol. The molecule has 0 aromatic heterocycles. The summed E-state index contributed by atoms with van der Waals surface area (Å²) >= 11 is 7.05. The molecular formula is C12H13ClN2O4S. The Morgan fingerprint density at radius 1 is 1.65 bits per heavy atom. The molecule has 0 amide bonds. The molecule has 0 fully saturated rings. The number of halogens is 1. The van der Waals surface area contributed by atoms with E-state index in [4.69, 9.17) is 11.6 Å². The molecule has 0 spiro atoms. The number of aliphatic imine (C=N–C) groups is 1. The summed E-state index contributed by atoms with van der Waals surface area (Å²) in [6.07, 6.45) is 1.45. The van der Waals surface area contributed by atoms with E-state index in [9.17, 15) is 14.9 Å². The number of hydrogen-bond acceptors (Lipinski definition) is 6. The quantitative estimate of drug-likeness (QED) is 0.265. The smallest absolute Gasteiger partial charge is 0.324 e. The maximum atomic E-state index is 11.6.